The van der Waals surface area contributed by atoms with Gasteiger partial charge >= 0.3 is 0 Å². The van der Waals surface area contributed by atoms with E-state index in [0.29, 0.717) is 19.8 Å². The number of nitrogens with zero attached hydrogens (tertiary/aromatic N) is 1. The summed E-state index contributed by atoms with van der Waals surface area (Å²) in [5.41, 5.74) is 5.54. The van der Waals surface area contributed by atoms with Crippen LogP contribution in [-0.4, -0.2) is 38.6 Å². The van der Waals surface area contributed by atoms with E-state index in [9.17, 15) is 19.5 Å². The molecule has 3 amide bonds. The molecule has 1 heterocycles. The molecule has 1 saturated heterocycles. The van der Waals surface area contributed by atoms with Gasteiger partial charge in [0.1, 0.15) is 10.1 Å². The molecule has 0 atom stereocenters. The number of carbonyl (C=O) groups excluding carboxylic acids is 3. The van der Waals surface area contributed by atoms with E-state index in [1.165, 1.54) is 29.2 Å². The third-order valence-electron chi connectivity index (χ3n) is 4.07. The van der Waals surface area contributed by atoms with Crippen molar-refractivity contribution < 1.29 is 19.5 Å². The molecule has 2 aromatic carbocycles. The van der Waals surface area contributed by atoms with Gasteiger partial charge in [-0.2, -0.15) is 0 Å². The summed E-state index contributed by atoms with van der Waals surface area (Å²) in [5.74, 6) is -1.28. The molecule has 0 bridgehead atoms. The third-order valence-corrected chi connectivity index (χ3v) is 5.79. The number of halogens is 1. The Kier molecular flexibility index (Phi) is 7.09. The molecule has 1 fully saturated rings. The van der Waals surface area contributed by atoms with Gasteiger partial charge in [-0.15, -0.1) is 0 Å². The Morgan fingerprint density at radius 3 is 2.53 bits per heavy atom. The maximum absolute atomic E-state index is 12.6. The predicted octanol–water partition coefficient (Wildman–Crippen LogP) is 3.10. The van der Waals surface area contributed by atoms with Crippen molar-refractivity contribution in [3.63, 3.8) is 0 Å². The Balaban J connectivity index is 1.52. The van der Waals surface area contributed by atoms with E-state index in [4.69, 9.17) is 23.8 Å². The summed E-state index contributed by atoms with van der Waals surface area (Å²) < 4.78 is 0.347. The zero-order valence-corrected chi connectivity index (χ0v) is 17.8. The first kappa shape index (κ1) is 21.8. The van der Waals surface area contributed by atoms with Crippen LogP contribution in [0.1, 0.15) is 22.3 Å². The van der Waals surface area contributed by atoms with Gasteiger partial charge in [0.15, 0.2) is 0 Å². The molecule has 154 valence electrons. The molecule has 0 radical (unpaired) electrons. The third kappa shape index (κ3) is 5.38. The number of hydrogen-bond donors (Lipinski definition) is 3. The highest BCUT2D eigenvalue weighted by molar-refractivity contribution is 8.26. The Labute approximate surface area is 187 Å². The molecule has 10 heteroatoms. The number of amides is 3. The van der Waals surface area contributed by atoms with E-state index in [-0.39, 0.29) is 30.2 Å². The van der Waals surface area contributed by atoms with Gasteiger partial charge in [-0.1, -0.05) is 53.8 Å². The van der Waals surface area contributed by atoms with Gasteiger partial charge in [-0.3, -0.25) is 30.1 Å². The molecular formula is C20H16ClN3O4S2. The SMILES string of the molecule is O=C(CCN1C(=O)/C(=C/c2ccccc2Cl)SC1=S)NNC(=O)c1ccc(O)cc1. The van der Waals surface area contributed by atoms with Crippen LogP contribution in [0.15, 0.2) is 53.4 Å². The van der Waals surface area contributed by atoms with Crippen molar-refractivity contribution in [1.29, 1.82) is 0 Å². The van der Waals surface area contributed by atoms with Crippen LogP contribution < -0.4 is 10.9 Å². The highest BCUT2D eigenvalue weighted by Gasteiger charge is 2.32. The van der Waals surface area contributed by atoms with E-state index in [1.54, 1.807) is 24.3 Å². The Hall–Kier alpha value is -2.88. The van der Waals surface area contributed by atoms with Crippen molar-refractivity contribution in [2.24, 2.45) is 0 Å². The summed E-state index contributed by atoms with van der Waals surface area (Å²) in [6, 6.07) is 12.7. The van der Waals surface area contributed by atoms with Crippen molar-refractivity contribution in [3.05, 3.63) is 69.6 Å². The molecular weight excluding hydrogens is 446 g/mol. The minimum atomic E-state index is -0.531. The van der Waals surface area contributed by atoms with Gasteiger partial charge in [0.25, 0.3) is 11.8 Å². The average Bonchev–Trinajstić information content (AvgIpc) is 2.99. The Morgan fingerprint density at radius 2 is 1.83 bits per heavy atom. The molecule has 0 aromatic heterocycles. The maximum atomic E-state index is 12.6. The molecule has 2 aromatic rings. The Bertz CT molecular complexity index is 1040. The maximum Gasteiger partial charge on any atom is 0.269 e. The second-order valence-corrected chi connectivity index (χ2v) is 8.24. The van der Waals surface area contributed by atoms with Crippen LogP contribution in [0.25, 0.3) is 6.08 Å². The lowest BCUT2D eigenvalue weighted by molar-refractivity contribution is -0.124. The van der Waals surface area contributed by atoms with Gasteiger partial charge in [0.2, 0.25) is 5.91 Å². The van der Waals surface area contributed by atoms with Crippen molar-refractivity contribution in [3.8, 4) is 5.75 Å². The van der Waals surface area contributed by atoms with Crippen LogP contribution in [0, 0.1) is 0 Å². The standard InChI is InChI=1S/C20H16ClN3O4S2/c21-15-4-2-1-3-13(15)11-16-19(28)24(20(29)30-16)10-9-17(26)22-23-18(27)12-5-7-14(25)8-6-12/h1-8,11,25H,9-10H2,(H,22,26)(H,23,27)/b16-11-. The van der Waals surface area contributed by atoms with E-state index in [2.05, 4.69) is 10.9 Å². The van der Waals surface area contributed by atoms with Crippen molar-refractivity contribution in [2.45, 2.75) is 6.42 Å². The van der Waals surface area contributed by atoms with Crippen LogP contribution in [0.4, 0.5) is 0 Å². The first-order valence-corrected chi connectivity index (χ1v) is 10.3. The summed E-state index contributed by atoms with van der Waals surface area (Å²) in [7, 11) is 0. The summed E-state index contributed by atoms with van der Waals surface area (Å²) in [6.07, 6.45) is 1.61. The number of aromatic hydroxyl groups is 1. The average molecular weight is 462 g/mol. The number of thioether (sulfide) groups is 1. The molecule has 0 saturated carbocycles. The summed E-state index contributed by atoms with van der Waals surface area (Å²) in [6.45, 7) is 0.0748. The van der Waals surface area contributed by atoms with Gasteiger partial charge in [0, 0.05) is 23.6 Å². The number of thiocarbonyl (C=S) groups is 1. The number of carbonyl (C=O) groups is 3. The molecule has 0 unspecified atom stereocenters. The van der Waals surface area contributed by atoms with Gasteiger partial charge in [-0.05, 0) is 42.0 Å². The number of hydrazine groups is 1. The van der Waals surface area contributed by atoms with Crippen LogP contribution in [0.5, 0.6) is 5.75 Å². The van der Waals surface area contributed by atoms with Crippen molar-refractivity contribution >= 4 is 63.7 Å². The minimum absolute atomic E-state index is 0.0302. The van der Waals surface area contributed by atoms with Crippen LogP contribution in [0.3, 0.4) is 0 Å². The lowest BCUT2D eigenvalue weighted by Gasteiger charge is -2.14. The second kappa shape index (κ2) is 9.75. The number of nitrogens with one attached hydrogen (secondary N) is 2. The molecule has 0 aliphatic carbocycles. The van der Waals surface area contributed by atoms with Gasteiger partial charge in [0.05, 0.1) is 4.91 Å². The Morgan fingerprint density at radius 1 is 1.13 bits per heavy atom. The van der Waals surface area contributed by atoms with Crippen LogP contribution in [0.2, 0.25) is 5.02 Å². The molecule has 1 aliphatic rings. The smallest absolute Gasteiger partial charge is 0.269 e. The monoisotopic (exact) mass is 461 g/mol. The fourth-order valence-electron chi connectivity index (χ4n) is 2.51. The van der Waals surface area contributed by atoms with Gasteiger partial charge in [-0.25, -0.2) is 0 Å². The van der Waals surface area contributed by atoms with Crippen molar-refractivity contribution in [1.82, 2.24) is 15.8 Å². The first-order chi connectivity index (χ1) is 14.3. The normalized spacial score (nSPS) is 14.8. The van der Waals surface area contributed by atoms with E-state index in [0.717, 1.165) is 11.8 Å². The topological polar surface area (TPSA) is 98.7 Å². The number of phenols is 1. The molecule has 0 spiro atoms. The molecule has 3 rings (SSSR count). The lowest BCUT2D eigenvalue weighted by Crippen LogP contribution is -2.43. The first-order valence-electron chi connectivity index (χ1n) is 8.73. The van der Waals surface area contributed by atoms with E-state index >= 15 is 0 Å². The number of benzene rings is 2. The molecule has 1 aliphatic heterocycles. The molecule has 3 N–H and O–H groups in total. The van der Waals surface area contributed by atoms with Gasteiger partial charge < -0.3 is 5.11 Å². The highest BCUT2D eigenvalue weighted by Crippen LogP contribution is 2.33. The number of rotatable bonds is 5. The van der Waals surface area contributed by atoms with Crippen LogP contribution in [-0.2, 0) is 9.59 Å². The lowest BCUT2D eigenvalue weighted by atomic mass is 10.2. The summed E-state index contributed by atoms with van der Waals surface area (Å²) >= 11 is 12.5. The van der Waals surface area contributed by atoms with Crippen LogP contribution >= 0.6 is 35.6 Å². The highest BCUT2D eigenvalue weighted by atomic mass is 35.5. The molecule has 7 nitrogen and oxygen atoms in total. The fraction of sp³-hybridized carbons (Fsp3) is 0.100. The molecule has 30 heavy (non-hydrogen) atoms. The zero-order valence-electron chi connectivity index (χ0n) is 15.4. The predicted molar refractivity (Wildman–Crippen MR) is 120 cm³/mol. The van der Waals surface area contributed by atoms with E-state index < -0.39 is 11.8 Å². The fourth-order valence-corrected chi connectivity index (χ4v) is 4.00. The number of hydrogen-bond acceptors (Lipinski definition) is 6. The van der Waals surface area contributed by atoms with E-state index in [1.807, 2.05) is 6.07 Å². The quantitative estimate of drug-likeness (QED) is 0.359. The van der Waals surface area contributed by atoms with Crippen molar-refractivity contribution in [2.75, 3.05) is 6.54 Å². The minimum Gasteiger partial charge on any atom is -0.508 e. The largest absolute Gasteiger partial charge is 0.508 e. The zero-order chi connectivity index (χ0) is 21.7. The second-order valence-electron chi connectivity index (χ2n) is 6.15. The summed E-state index contributed by atoms with van der Waals surface area (Å²) in [4.78, 5) is 38.4. The summed E-state index contributed by atoms with van der Waals surface area (Å²) in [5, 5.41) is 9.75. The number of phenolic OH excluding ortho intramolecular Hbond substituents is 1.